The van der Waals surface area contributed by atoms with E-state index in [4.69, 9.17) is 45.3 Å². The van der Waals surface area contributed by atoms with Crippen molar-refractivity contribution in [1.29, 1.82) is 0 Å². The van der Waals surface area contributed by atoms with Crippen LogP contribution < -0.4 is 10.5 Å². The SMILES string of the molecule is NC1CC(Oc2cc(Cl)c(Cl)cc2Cl)C1. The quantitative estimate of drug-likeness (QED) is 0.831. The van der Waals surface area contributed by atoms with Crippen molar-refractivity contribution in [3.8, 4) is 5.75 Å². The lowest BCUT2D eigenvalue weighted by Crippen LogP contribution is -2.43. The van der Waals surface area contributed by atoms with Gasteiger partial charge < -0.3 is 10.5 Å². The molecule has 0 heterocycles. The van der Waals surface area contributed by atoms with Gasteiger partial charge in [0.05, 0.1) is 15.1 Å². The smallest absolute Gasteiger partial charge is 0.139 e. The average molecular weight is 267 g/mol. The van der Waals surface area contributed by atoms with Crippen LogP contribution in [0.4, 0.5) is 0 Å². The summed E-state index contributed by atoms with van der Waals surface area (Å²) in [6.45, 7) is 0. The zero-order valence-electron chi connectivity index (χ0n) is 7.84. The number of halogens is 3. The van der Waals surface area contributed by atoms with Gasteiger partial charge in [-0.1, -0.05) is 34.8 Å². The minimum atomic E-state index is 0.148. The van der Waals surface area contributed by atoms with Gasteiger partial charge in [-0.05, 0) is 18.9 Å². The molecule has 0 saturated heterocycles. The number of nitrogens with two attached hydrogens (primary N) is 1. The van der Waals surface area contributed by atoms with E-state index in [1.807, 2.05) is 0 Å². The molecule has 0 unspecified atom stereocenters. The van der Waals surface area contributed by atoms with Crippen LogP contribution in [0.3, 0.4) is 0 Å². The summed E-state index contributed by atoms with van der Waals surface area (Å²) < 4.78 is 5.63. The summed E-state index contributed by atoms with van der Waals surface area (Å²) in [7, 11) is 0. The summed E-state index contributed by atoms with van der Waals surface area (Å²) in [5.41, 5.74) is 5.65. The van der Waals surface area contributed by atoms with Crippen molar-refractivity contribution in [2.75, 3.05) is 0 Å². The van der Waals surface area contributed by atoms with Gasteiger partial charge >= 0.3 is 0 Å². The van der Waals surface area contributed by atoms with Gasteiger partial charge in [0.2, 0.25) is 0 Å². The summed E-state index contributed by atoms with van der Waals surface area (Å²) in [6, 6.07) is 3.46. The molecule has 15 heavy (non-hydrogen) atoms. The van der Waals surface area contributed by atoms with Crippen LogP contribution in [0, 0.1) is 0 Å². The fourth-order valence-corrected chi connectivity index (χ4v) is 2.06. The molecule has 1 aliphatic carbocycles. The molecule has 1 fully saturated rings. The summed E-state index contributed by atoms with van der Waals surface area (Å²) in [6.07, 6.45) is 1.86. The van der Waals surface area contributed by atoms with Crippen LogP contribution in [-0.4, -0.2) is 12.1 Å². The van der Waals surface area contributed by atoms with E-state index in [0.717, 1.165) is 12.8 Å². The van der Waals surface area contributed by atoms with Crippen molar-refractivity contribution < 1.29 is 4.74 Å². The Morgan fingerprint density at radius 3 is 2.27 bits per heavy atom. The Hall–Kier alpha value is -0.150. The first kappa shape index (κ1) is 11.3. The Morgan fingerprint density at radius 2 is 1.67 bits per heavy atom. The predicted octanol–water partition coefficient (Wildman–Crippen LogP) is 3.52. The third-order valence-electron chi connectivity index (χ3n) is 2.40. The zero-order chi connectivity index (χ0) is 11.0. The van der Waals surface area contributed by atoms with Gasteiger partial charge in [0.1, 0.15) is 11.9 Å². The first-order valence-corrected chi connectivity index (χ1v) is 5.76. The highest BCUT2D eigenvalue weighted by Crippen LogP contribution is 2.36. The molecule has 82 valence electrons. The molecular formula is C10H10Cl3NO. The van der Waals surface area contributed by atoms with E-state index in [1.165, 1.54) is 0 Å². The van der Waals surface area contributed by atoms with Crippen molar-refractivity contribution in [3.05, 3.63) is 27.2 Å². The number of benzene rings is 1. The van der Waals surface area contributed by atoms with E-state index in [-0.39, 0.29) is 12.1 Å². The maximum atomic E-state index is 5.96. The summed E-state index contributed by atoms with van der Waals surface area (Å²) >= 11 is 17.6. The Morgan fingerprint density at radius 1 is 1.07 bits per heavy atom. The zero-order valence-corrected chi connectivity index (χ0v) is 10.1. The first-order valence-electron chi connectivity index (χ1n) is 4.63. The van der Waals surface area contributed by atoms with Crippen LogP contribution in [0.1, 0.15) is 12.8 Å². The van der Waals surface area contributed by atoms with Crippen molar-refractivity contribution >= 4 is 34.8 Å². The molecule has 1 aliphatic rings. The number of hydrogen-bond donors (Lipinski definition) is 1. The van der Waals surface area contributed by atoms with E-state index >= 15 is 0 Å². The molecule has 0 radical (unpaired) electrons. The molecular weight excluding hydrogens is 256 g/mol. The number of rotatable bonds is 2. The molecule has 2 nitrogen and oxygen atoms in total. The lowest BCUT2D eigenvalue weighted by atomic mass is 9.90. The fourth-order valence-electron chi connectivity index (χ4n) is 1.48. The second-order valence-corrected chi connectivity index (χ2v) is 4.89. The molecule has 0 spiro atoms. The summed E-state index contributed by atoms with van der Waals surface area (Å²) in [5, 5.41) is 1.35. The lowest BCUT2D eigenvalue weighted by Gasteiger charge is -2.32. The average Bonchev–Trinajstić information content (AvgIpc) is 2.11. The van der Waals surface area contributed by atoms with Crippen LogP contribution in [0.15, 0.2) is 12.1 Å². The normalized spacial score (nSPS) is 24.8. The number of ether oxygens (including phenoxy) is 1. The van der Waals surface area contributed by atoms with Gasteiger partial charge in [-0.15, -0.1) is 0 Å². The van der Waals surface area contributed by atoms with E-state index in [1.54, 1.807) is 12.1 Å². The molecule has 0 aromatic heterocycles. The molecule has 1 aromatic carbocycles. The van der Waals surface area contributed by atoms with Crippen LogP contribution >= 0.6 is 34.8 Å². The maximum Gasteiger partial charge on any atom is 0.139 e. The van der Waals surface area contributed by atoms with Gasteiger partial charge in [-0.3, -0.25) is 0 Å². The number of hydrogen-bond acceptors (Lipinski definition) is 2. The van der Waals surface area contributed by atoms with E-state index in [9.17, 15) is 0 Å². The Labute approximate surface area is 103 Å². The maximum absolute atomic E-state index is 5.96. The molecule has 0 bridgehead atoms. The van der Waals surface area contributed by atoms with Crippen LogP contribution in [0.2, 0.25) is 15.1 Å². The molecule has 0 amide bonds. The monoisotopic (exact) mass is 265 g/mol. The Balaban J connectivity index is 2.11. The van der Waals surface area contributed by atoms with Crippen molar-refractivity contribution in [3.63, 3.8) is 0 Å². The van der Waals surface area contributed by atoms with Crippen LogP contribution in [-0.2, 0) is 0 Å². The largest absolute Gasteiger partial charge is 0.489 e. The summed E-state index contributed by atoms with van der Waals surface area (Å²) in [5.74, 6) is 0.572. The van der Waals surface area contributed by atoms with E-state index in [0.29, 0.717) is 20.8 Å². The highest BCUT2D eigenvalue weighted by atomic mass is 35.5. The van der Waals surface area contributed by atoms with E-state index < -0.39 is 0 Å². The lowest BCUT2D eigenvalue weighted by molar-refractivity contribution is 0.101. The van der Waals surface area contributed by atoms with Crippen molar-refractivity contribution in [2.45, 2.75) is 25.0 Å². The van der Waals surface area contributed by atoms with Crippen LogP contribution in [0.5, 0.6) is 5.75 Å². The summed E-state index contributed by atoms with van der Waals surface area (Å²) in [4.78, 5) is 0. The third-order valence-corrected chi connectivity index (χ3v) is 3.42. The fraction of sp³-hybridized carbons (Fsp3) is 0.400. The van der Waals surface area contributed by atoms with Gasteiger partial charge in [-0.25, -0.2) is 0 Å². The molecule has 0 atom stereocenters. The topological polar surface area (TPSA) is 35.2 Å². The molecule has 2 N–H and O–H groups in total. The second kappa shape index (κ2) is 4.38. The van der Waals surface area contributed by atoms with Gasteiger partial charge in [-0.2, -0.15) is 0 Å². The van der Waals surface area contributed by atoms with Gasteiger partial charge in [0.15, 0.2) is 0 Å². The van der Waals surface area contributed by atoms with Crippen molar-refractivity contribution in [2.24, 2.45) is 5.73 Å². The van der Waals surface area contributed by atoms with Crippen LogP contribution in [0.25, 0.3) is 0 Å². The molecule has 5 heteroatoms. The van der Waals surface area contributed by atoms with Gasteiger partial charge in [0.25, 0.3) is 0 Å². The molecule has 0 aliphatic heterocycles. The third kappa shape index (κ3) is 2.51. The minimum Gasteiger partial charge on any atom is -0.489 e. The highest BCUT2D eigenvalue weighted by molar-refractivity contribution is 6.43. The van der Waals surface area contributed by atoms with E-state index in [2.05, 4.69) is 0 Å². The molecule has 1 saturated carbocycles. The first-order chi connectivity index (χ1) is 7.06. The van der Waals surface area contributed by atoms with Gasteiger partial charge in [0, 0.05) is 12.1 Å². The predicted molar refractivity (Wildman–Crippen MR) is 63.1 cm³/mol. The molecule has 2 rings (SSSR count). The molecule has 1 aromatic rings. The standard InChI is InChI=1S/C10H10Cl3NO/c11-7-3-9(13)10(4-8(7)12)15-6-1-5(14)2-6/h3-6H,1-2,14H2. The Kier molecular flexibility index (Phi) is 3.31. The minimum absolute atomic E-state index is 0.148. The van der Waals surface area contributed by atoms with Crippen molar-refractivity contribution in [1.82, 2.24) is 0 Å². The Bertz CT molecular complexity index is 377. The second-order valence-electron chi connectivity index (χ2n) is 3.67. The highest BCUT2D eigenvalue weighted by Gasteiger charge is 2.28.